The zero-order valence-corrected chi connectivity index (χ0v) is 15.2. The minimum atomic E-state index is -3.89. The maximum atomic E-state index is 12.5. The Kier molecular flexibility index (Phi) is 5.49. The molecular formula is C21H19NO3S. The molecule has 0 aliphatic carbocycles. The molecule has 0 N–H and O–H groups in total. The molecule has 5 heteroatoms. The number of hydrogen-bond donors (Lipinski definition) is 0. The van der Waals surface area contributed by atoms with Crippen molar-refractivity contribution in [2.75, 3.05) is 0 Å². The van der Waals surface area contributed by atoms with Crippen molar-refractivity contribution < 1.29 is 12.6 Å². The lowest BCUT2D eigenvalue weighted by Crippen LogP contribution is -2.11. The maximum absolute atomic E-state index is 12.5. The van der Waals surface area contributed by atoms with Gasteiger partial charge in [0, 0.05) is 11.8 Å². The van der Waals surface area contributed by atoms with Gasteiger partial charge in [-0.1, -0.05) is 60.2 Å². The predicted octanol–water partition coefficient (Wildman–Crippen LogP) is 4.38. The van der Waals surface area contributed by atoms with Crippen molar-refractivity contribution in [2.24, 2.45) is 4.99 Å². The van der Waals surface area contributed by atoms with Crippen molar-refractivity contribution in [1.82, 2.24) is 0 Å². The summed E-state index contributed by atoms with van der Waals surface area (Å²) in [5.74, 6) is 0.255. The van der Waals surface area contributed by atoms with Crippen LogP contribution in [0, 0.1) is 6.92 Å². The van der Waals surface area contributed by atoms with E-state index in [0.717, 1.165) is 11.1 Å². The van der Waals surface area contributed by atoms with E-state index in [0.29, 0.717) is 12.1 Å². The third-order valence-electron chi connectivity index (χ3n) is 3.78. The molecule has 0 aliphatic rings. The Morgan fingerprint density at radius 2 is 1.54 bits per heavy atom. The Morgan fingerprint density at radius 3 is 2.27 bits per heavy atom. The first-order valence-corrected chi connectivity index (χ1v) is 9.59. The van der Waals surface area contributed by atoms with Gasteiger partial charge in [-0.15, -0.1) is 0 Å². The van der Waals surface area contributed by atoms with E-state index >= 15 is 0 Å². The highest BCUT2D eigenvalue weighted by atomic mass is 32.2. The second-order valence-electron chi connectivity index (χ2n) is 5.84. The van der Waals surface area contributed by atoms with Gasteiger partial charge in [0.2, 0.25) is 0 Å². The quantitative estimate of drug-likeness (QED) is 0.481. The van der Waals surface area contributed by atoms with Gasteiger partial charge in [-0.3, -0.25) is 4.99 Å². The Hall–Kier alpha value is -2.92. The summed E-state index contributed by atoms with van der Waals surface area (Å²) in [5.41, 5.74) is 2.67. The lowest BCUT2D eigenvalue weighted by atomic mass is 10.2. The van der Waals surface area contributed by atoms with E-state index in [4.69, 9.17) is 4.18 Å². The first-order valence-electron chi connectivity index (χ1n) is 8.18. The van der Waals surface area contributed by atoms with Crippen molar-refractivity contribution in [3.8, 4) is 5.75 Å². The van der Waals surface area contributed by atoms with Gasteiger partial charge in [-0.2, -0.15) is 8.42 Å². The molecular weight excluding hydrogens is 346 g/mol. The molecule has 0 saturated heterocycles. The Bertz CT molecular complexity index is 995. The molecule has 0 amide bonds. The van der Waals surface area contributed by atoms with E-state index in [-0.39, 0.29) is 10.6 Å². The predicted molar refractivity (Wildman–Crippen MR) is 103 cm³/mol. The van der Waals surface area contributed by atoms with Crippen LogP contribution in [0.15, 0.2) is 88.8 Å². The van der Waals surface area contributed by atoms with Crippen molar-refractivity contribution >= 4 is 16.3 Å². The highest BCUT2D eigenvalue weighted by Crippen LogP contribution is 2.22. The lowest BCUT2D eigenvalue weighted by Gasteiger charge is -2.09. The summed E-state index contributed by atoms with van der Waals surface area (Å²) >= 11 is 0. The van der Waals surface area contributed by atoms with Crippen LogP contribution >= 0.6 is 0 Å². The zero-order valence-electron chi connectivity index (χ0n) is 14.4. The first-order chi connectivity index (χ1) is 12.5. The molecule has 4 nitrogen and oxygen atoms in total. The molecule has 0 unspecified atom stereocenters. The minimum Gasteiger partial charge on any atom is -0.378 e. The molecule has 0 saturated carbocycles. The molecule has 3 aromatic rings. The SMILES string of the molecule is Cc1ccc(S(=O)(=O)Oc2ccccc2C=NCc2ccccc2)cc1. The monoisotopic (exact) mass is 365 g/mol. The molecule has 0 atom stereocenters. The zero-order chi connectivity index (χ0) is 18.4. The van der Waals surface area contributed by atoms with E-state index < -0.39 is 10.1 Å². The molecule has 0 heterocycles. The largest absolute Gasteiger partial charge is 0.378 e. The average molecular weight is 365 g/mol. The number of aryl methyl sites for hydroxylation is 1. The van der Waals surface area contributed by atoms with Crippen molar-refractivity contribution in [1.29, 1.82) is 0 Å². The molecule has 132 valence electrons. The molecule has 0 aromatic heterocycles. The van der Waals surface area contributed by atoms with E-state index in [2.05, 4.69) is 4.99 Å². The number of rotatable bonds is 6. The fraction of sp³-hybridized carbons (Fsp3) is 0.0952. The van der Waals surface area contributed by atoms with Crippen LogP contribution in [-0.4, -0.2) is 14.6 Å². The van der Waals surface area contributed by atoms with Crippen LogP contribution in [0.4, 0.5) is 0 Å². The number of hydrogen-bond acceptors (Lipinski definition) is 4. The Balaban J connectivity index is 1.79. The number of aliphatic imine (C=N–C) groups is 1. The normalized spacial score (nSPS) is 11.6. The molecule has 0 fully saturated rings. The molecule has 0 aliphatic heterocycles. The highest BCUT2D eigenvalue weighted by Gasteiger charge is 2.17. The van der Waals surface area contributed by atoms with Crippen molar-refractivity contribution in [2.45, 2.75) is 18.4 Å². The second kappa shape index (κ2) is 7.97. The van der Waals surface area contributed by atoms with Crippen LogP contribution in [0.5, 0.6) is 5.75 Å². The van der Waals surface area contributed by atoms with E-state index in [1.54, 1.807) is 36.5 Å². The number of benzene rings is 3. The topological polar surface area (TPSA) is 55.7 Å². The van der Waals surface area contributed by atoms with Gasteiger partial charge in [-0.25, -0.2) is 0 Å². The van der Waals surface area contributed by atoms with Crippen molar-refractivity contribution in [3.05, 3.63) is 95.6 Å². The van der Waals surface area contributed by atoms with Gasteiger partial charge >= 0.3 is 10.1 Å². The lowest BCUT2D eigenvalue weighted by molar-refractivity contribution is 0.485. The summed E-state index contributed by atoms with van der Waals surface area (Å²) in [6.07, 6.45) is 1.63. The van der Waals surface area contributed by atoms with Gasteiger partial charge in [-0.05, 0) is 36.8 Å². The summed E-state index contributed by atoms with van der Waals surface area (Å²) in [5, 5.41) is 0. The third kappa shape index (κ3) is 4.58. The van der Waals surface area contributed by atoms with Crippen LogP contribution in [0.25, 0.3) is 0 Å². The fourth-order valence-corrected chi connectivity index (χ4v) is 3.32. The second-order valence-corrected chi connectivity index (χ2v) is 7.39. The third-order valence-corrected chi connectivity index (χ3v) is 5.02. The van der Waals surface area contributed by atoms with Gasteiger partial charge in [0.05, 0.1) is 6.54 Å². The first kappa shape index (κ1) is 17.9. The van der Waals surface area contributed by atoms with E-state index in [1.165, 1.54) is 12.1 Å². The number of para-hydroxylation sites is 1. The van der Waals surface area contributed by atoms with Crippen LogP contribution in [-0.2, 0) is 16.7 Å². The standard InChI is InChI=1S/C21H19NO3S/c1-17-11-13-20(14-12-17)26(23,24)25-21-10-6-5-9-19(21)16-22-15-18-7-3-2-4-8-18/h2-14,16H,15H2,1H3. The van der Waals surface area contributed by atoms with Crippen LogP contribution in [0.3, 0.4) is 0 Å². The van der Waals surface area contributed by atoms with E-state index in [9.17, 15) is 8.42 Å². The summed E-state index contributed by atoms with van der Waals surface area (Å²) in [6.45, 7) is 2.41. The minimum absolute atomic E-state index is 0.124. The van der Waals surface area contributed by atoms with Crippen LogP contribution in [0.1, 0.15) is 16.7 Å². The average Bonchev–Trinajstić information content (AvgIpc) is 2.64. The smallest absolute Gasteiger partial charge is 0.339 e. The molecule has 0 bridgehead atoms. The van der Waals surface area contributed by atoms with Gasteiger partial charge in [0.15, 0.2) is 5.75 Å². The number of nitrogens with zero attached hydrogens (tertiary/aromatic N) is 1. The van der Waals surface area contributed by atoms with Crippen LogP contribution in [0.2, 0.25) is 0 Å². The van der Waals surface area contributed by atoms with Crippen LogP contribution < -0.4 is 4.18 Å². The van der Waals surface area contributed by atoms with Gasteiger partial charge < -0.3 is 4.18 Å². The molecule has 26 heavy (non-hydrogen) atoms. The molecule has 3 rings (SSSR count). The van der Waals surface area contributed by atoms with Gasteiger partial charge in [0.1, 0.15) is 4.90 Å². The summed E-state index contributed by atoms with van der Waals surface area (Å²) < 4.78 is 30.3. The van der Waals surface area contributed by atoms with Gasteiger partial charge in [0.25, 0.3) is 0 Å². The maximum Gasteiger partial charge on any atom is 0.339 e. The molecule has 3 aromatic carbocycles. The Labute approximate surface area is 153 Å². The highest BCUT2D eigenvalue weighted by molar-refractivity contribution is 7.87. The molecule has 0 spiro atoms. The van der Waals surface area contributed by atoms with E-state index in [1.807, 2.05) is 43.3 Å². The fourth-order valence-electron chi connectivity index (χ4n) is 2.37. The summed E-state index contributed by atoms with van der Waals surface area (Å²) in [4.78, 5) is 4.51. The summed E-state index contributed by atoms with van der Waals surface area (Å²) in [7, 11) is -3.89. The Morgan fingerprint density at radius 1 is 0.885 bits per heavy atom. The van der Waals surface area contributed by atoms with Crippen molar-refractivity contribution in [3.63, 3.8) is 0 Å². The molecule has 0 radical (unpaired) electrons. The summed E-state index contributed by atoms with van der Waals surface area (Å²) in [6, 6.07) is 23.3.